The summed E-state index contributed by atoms with van der Waals surface area (Å²) in [6, 6.07) is 47.7. The number of amides is 1. The van der Waals surface area contributed by atoms with Gasteiger partial charge in [-0.1, -0.05) is 152 Å². The summed E-state index contributed by atoms with van der Waals surface area (Å²) < 4.78 is 5.14. The minimum atomic E-state index is -1.20. The summed E-state index contributed by atoms with van der Waals surface area (Å²) in [5.74, 6) is -1.05. The average Bonchev–Trinajstić information content (AvgIpc) is 3.05. The molecule has 5 nitrogen and oxygen atoms in total. The molecule has 0 aliphatic rings. The summed E-state index contributed by atoms with van der Waals surface area (Å²) >= 11 is 1.47. The van der Waals surface area contributed by atoms with E-state index in [-0.39, 0.29) is 5.75 Å². The monoisotopic (exact) mass is 573 g/mol. The lowest BCUT2D eigenvalue weighted by molar-refractivity contribution is -0.138. The molecular formula is C36H31NO4S. The van der Waals surface area contributed by atoms with E-state index in [0.717, 1.165) is 27.8 Å². The molecule has 0 unspecified atom stereocenters. The Bertz CT molecular complexity index is 1430. The Morgan fingerprint density at radius 2 is 0.976 bits per heavy atom. The number of nitrogens with one attached hydrogen (secondary N) is 1. The van der Waals surface area contributed by atoms with Crippen LogP contribution in [0.15, 0.2) is 152 Å². The van der Waals surface area contributed by atoms with Crippen LogP contribution < -0.4 is 5.32 Å². The zero-order valence-corrected chi connectivity index (χ0v) is 23.7. The molecule has 6 heteroatoms. The summed E-state index contributed by atoms with van der Waals surface area (Å²) in [6.07, 6.45) is -1.49. The van der Waals surface area contributed by atoms with E-state index in [1.165, 1.54) is 11.8 Å². The molecule has 5 aromatic carbocycles. The third kappa shape index (κ3) is 6.56. The molecule has 0 radical (unpaired) electrons. The summed E-state index contributed by atoms with van der Waals surface area (Å²) in [7, 11) is 0. The number of carboxylic acid groups (broad SMARTS) is 1. The minimum absolute atomic E-state index is 0.0878. The first-order chi connectivity index (χ1) is 20.6. The molecule has 0 saturated heterocycles. The lowest BCUT2D eigenvalue weighted by atomic mass is 9.84. The van der Waals surface area contributed by atoms with Crippen molar-refractivity contribution in [2.45, 2.75) is 16.9 Å². The van der Waals surface area contributed by atoms with Gasteiger partial charge in [0, 0.05) is 5.75 Å². The first-order valence-corrected chi connectivity index (χ1v) is 14.7. The second-order valence-corrected chi connectivity index (χ2v) is 11.0. The molecule has 0 heterocycles. The number of benzene rings is 5. The predicted molar refractivity (Wildman–Crippen MR) is 167 cm³/mol. The van der Waals surface area contributed by atoms with Crippen LogP contribution in [0, 0.1) is 0 Å². The largest absolute Gasteiger partial charge is 0.480 e. The number of alkyl carbamates (subject to hydrolysis) is 1. The van der Waals surface area contributed by atoms with Crippen LogP contribution in [0.25, 0.3) is 0 Å². The van der Waals surface area contributed by atoms with Crippen LogP contribution in [-0.2, 0) is 14.3 Å². The van der Waals surface area contributed by atoms with E-state index in [1.807, 2.05) is 115 Å². The van der Waals surface area contributed by atoms with E-state index in [0.29, 0.717) is 0 Å². The zero-order chi connectivity index (χ0) is 29.2. The molecule has 42 heavy (non-hydrogen) atoms. The van der Waals surface area contributed by atoms with Gasteiger partial charge in [0.1, 0.15) is 6.04 Å². The maximum Gasteiger partial charge on any atom is 0.408 e. The van der Waals surface area contributed by atoms with Crippen molar-refractivity contribution in [3.05, 3.63) is 179 Å². The standard InChI is InChI=1S/C36H31NO4S/c38-34(39)32(37-35(40)41-33(27-16-6-1-7-17-27)28-18-8-2-9-19-28)26-42-36(29-20-10-3-11-21-29,30-22-12-4-13-23-30)31-24-14-5-15-25-31/h1-25,32-33H,26H2,(H,37,40)(H,38,39)/t32-/m0/s1. The van der Waals surface area contributed by atoms with Crippen molar-refractivity contribution >= 4 is 23.8 Å². The first kappa shape index (κ1) is 28.7. The summed E-state index contributed by atoms with van der Waals surface area (Å²) in [5.41, 5.74) is 4.60. The Kier molecular flexibility index (Phi) is 9.37. The van der Waals surface area contributed by atoms with Gasteiger partial charge in [-0.3, -0.25) is 0 Å². The number of carbonyl (C=O) groups is 2. The van der Waals surface area contributed by atoms with Crippen LogP contribution in [0.2, 0.25) is 0 Å². The molecule has 210 valence electrons. The van der Waals surface area contributed by atoms with Crippen LogP contribution in [0.4, 0.5) is 4.79 Å². The number of rotatable bonds is 11. The maximum absolute atomic E-state index is 13.2. The highest BCUT2D eigenvalue weighted by atomic mass is 32.2. The van der Waals surface area contributed by atoms with Gasteiger partial charge in [0.2, 0.25) is 0 Å². The van der Waals surface area contributed by atoms with Crippen molar-refractivity contribution in [3.63, 3.8) is 0 Å². The van der Waals surface area contributed by atoms with Gasteiger partial charge in [-0.15, -0.1) is 11.8 Å². The van der Waals surface area contributed by atoms with Crippen LogP contribution in [0.5, 0.6) is 0 Å². The smallest absolute Gasteiger partial charge is 0.408 e. The number of thioether (sulfide) groups is 1. The Morgan fingerprint density at radius 1 is 0.619 bits per heavy atom. The van der Waals surface area contributed by atoms with Crippen molar-refractivity contribution in [2.24, 2.45) is 0 Å². The van der Waals surface area contributed by atoms with Gasteiger partial charge in [0.05, 0.1) is 4.75 Å². The lowest BCUT2D eigenvalue weighted by Gasteiger charge is -2.36. The minimum Gasteiger partial charge on any atom is -0.480 e. The Morgan fingerprint density at radius 3 is 1.33 bits per heavy atom. The topological polar surface area (TPSA) is 75.6 Å². The van der Waals surface area contributed by atoms with Crippen molar-refractivity contribution in [2.75, 3.05) is 5.75 Å². The van der Waals surface area contributed by atoms with Crippen molar-refractivity contribution in [1.82, 2.24) is 5.32 Å². The summed E-state index contributed by atoms with van der Waals surface area (Å²) in [4.78, 5) is 25.7. The number of carbonyl (C=O) groups excluding carboxylic acids is 1. The molecule has 5 aromatic rings. The fourth-order valence-corrected chi connectivity index (χ4v) is 6.57. The molecular weight excluding hydrogens is 542 g/mol. The molecule has 1 atom stereocenters. The van der Waals surface area contributed by atoms with Crippen LogP contribution >= 0.6 is 11.8 Å². The predicted octanol–water partition coefficient (Wildman–Crippen LogP) is 7.68. The van der Waals surface area contributed by atoms with E-state index in [9.17, 15) is 14.7 Å². The molecule has 5 rings (SSSR count). The maximum atomic E-state index is 13.2. The molecule has 0 spiro atoms. The van der Waals surface area contributed by atoms with Gasteiger partial charge in [-0.05, 0) is 27.8 Å². The molecule has 0 aliphatic carbocycles. The van der Waals surface area contributed by atoms with Gasteiger partial charge in [0.15, 0.2) is 6.10 Å². The van der Waals surface area contributed by atoms with Gasteiger partial charge in [-0.2, -0.15) is 0 Å². The van der Waals surface area contributed by atoms with Gasteiger partial charge in [0.25, 0.3) is 0 Å². The number of ether oxygens (including phenoxy) is 1. The van der Waals surface area contributed by atoms with E-state index in [1.54, 1.807) is 0 Å². The molecule has 0 fully saturated rings. The number of carboxylic acids is 1. The summed E-state index contributed by atoms with van der Waals surface area (Å²) in [6.45, 7) is 0. The summed E-state index contributed by atoms with van der Waals surface area (Å²) in [5, 5.41) is 12.8. The number of hydrogen-bond acceptors (Lipinski definition) is 4. The van der Waals surface area contributed by atoms with Crippen LogP contribution in [0.1, 0.15) is 33.9 Å². The Labute approximate surface area is 250 Å². The van der Waals surface area contributed by atoms with E-state index in [4.69, 9.17) is 4.74 Å². The highest BCUT2D eigenvalue weighted by molar-refractivity contribution is 8.00. The number of aliphatic carboxylic acids is 1. The molecule has 0 aromatic heterocycles. The molecule has 0 saturated carbocycles. The third-order valence-corrected chi connectivity index (χ3v) is 8.67. The fourth-order valence-electron chi connectivity index (χ4n) is 5.02. The van der Waals surface area contributed by atoms with Crippen LogP contribution in [-0.4, -0.2) is 29.0 Å². The molecule has 0 aliphatic heterocycles. The molecule has 0 bridgehead atoms. The highest BCUT2D eigenvalue weighted by Crippen LogP contribution is 2.48. The first-order valence-electron chi connectivity index (χ1n) is 13.7. The van der Waals surface area contributed by atoms with Crippen molar-refractivity contribution in [1.29, 1.82) is 0 Å². The van der Waals surface area contributed by atoms with Gasteiger partial charge in [-0.25, -0.2) is 9.59 Å². The van der Waals surface area contributed by atoms with Crippen LogP contribution in [0.3, 0.4) is 0 Å². The van der Waals surface area contributed by atoms with Gasteiger partial charge >= 0.3 is 12.1 Å². The number of hydrogen-bond donors (Lipinski definition) is 2. The normalized spacial score (nSPS) is 11.9. The van der Waals surface area contributed by atoms with Crippen molar-refractivity contribution < 1.29 is 19.4 Å². The van der Waals surface area contributed by atoms with E-state index < -0.39 is 29.0 Å². The Hall–Kier alpha value is -4.81. The second-order valence-electron chi connectivity index (χ2n) is 9.73. The average molecular weight is 574 g/mol. The Balaban J connectivity index is 1.44. The second kappa shape index (κ2) is 13.7. The van der Waals surface area contributed by atoms with E-state index in [2.05, 4.69) is 41.7 Å². The fraction of sp³-hybridized carbons (Fsp3) is 0.111. The highest BCUT2D eigenvalue weighted by Gasteiger charge is 2.38. The van der Waals surface area contributed by atoms with Crippen molar-refractivity contribution in [3.8, 4) is 0 Å². The third-order valence-electron chi connectivity index (χ3n) is 7.03. The quantitative estimate of drug-likeness (QED) is 0.159. The molecule has 1 amide bonds. The zero-order valence-electron chi connectivity index (χ0n) is 22.9. The lowest BCUT2D eigenvalue weighted by Crippen LogP contribution is -2.44. The SMILES string of the molecule is O=C(N[C@@H](CSC(c1ccccc1)(c1ccccc1)c1ccccc1)C(=O)O)OC(c1ccccc1)c1ccccc1. The van der Waals surface area contributed by atoms with Gasteiger partial charge < -0.3 is 15.2 Å². The van der Waals surface area contributed by atoms with E-state index >= 15 is 0 Å². The molecule has 2 N–H and O–H groups in total.